The number of hydrogen-bond donors (Lipinski definition) is 3. The SMILES string of the molecule is CC(C)(O)C1(CC#N)OC2C(O1)[C@@H](CO)O[C@H]2n1ccc(N)nc1=O. The van der Waals surface area contributed by atoms with Crippen LogP contribution in [0.1, 0.15) is 26.5 Å². The summed E-state index contributed by atoms with van der Waals surface area (Å²) in [6.07, 6.45) is -2.14. The van der Waals surface area contributed by atoms with E-state index in [0.717, 1.165) is 0 Å². The molecule has 3 rings (SSSR count). The molecular formula is C15H20N4O6. The summed E-state index contributed by atoms with van der Waals surface area (Å²) in [4.78, 5) is 15.8. The largest absolute Gasteiger partial charge is 0.394 e. The van der Waals surface area contributed by atoms with Crippen molar-refractivity contribution in [3.63, 3.8) is 0 Å². The number of hydrogen-bond acceptors (Lipinski definition) is 9. The highest BCUT2D eigenvalue weighted by atomic mass is 16.8. The van der Waals surface area contributed by atoms with Crippen LogP contribution in [0.4, 0.5) is 5.82 Å². The van der Waals surface area contributed by atoms with E-state index in [1.165, 1.54) is 30.7 Å². The summed E-state index contributed by atoms with van der Waals surface area (Å²) in [5.74, 6) is -1.54. The average Bonchev–Trinajstić information content (AvgIpc) is 3.04. The molecule has 1 aromatic heterocycles. The normalized spacial score (nSPS) is 34.7. The topological polar surface area (TPSA) is 153 Å². The molecule has 4 N–H and O–H groups in total. The van der Waals surface area contributed by atoms with Gasteiger partial charge in [0.1, 0.15) is 29.7 Å². The summed E-state index contributed by atoms with van der Waals surface area (Å²) in [5.41, 5.74) is 3.35. The van der Waals surface area contributed by atoms with Gasteiger partial charge in [0.25, 0.3) is 0 Å². The first-order chi connectivity index (χ1) is 11.7. The van der Waals surface area contributed by atoms with Gasteiger partial charge in [0.2, 0.25) is 5.79 Å². The first-order valence-electron chi connectivity index (χ1n) is 7.78. The summed E-state index contributed by atoms with van der Waals surface area (Å²) < 4.78 is 18.6. The van der Waals surface area contributed by atoms with Crippen molar-refractivity contribution in [1.29, 1.82) is 5.26 Å². The fraction of sp³-hybridized carbons (Fsp3) is 0.667. The molecule has 0 radical (unpaired) electrons. The van der Waals surface area contributed by atoms with E-state index in [1.54, 1.807) is 0 Å². The lowest BCUT2D eigenvalue weighted by molar-refractivity contribution is -0.288. The van der Waals surface area contributed by atoms with E-state index in [2.05, 4.69) is 4.98 Å². The minimum absolute atomic E-state index is 0.0633. The summed E-state index contributed by atoms with van der Waals surface area (Å²) in [7, 11) is 0. The van der Waals surface area contributed by atoms with E-state index in [1.807, 2.05) is 6.07 Å². The summed E-state index contributed by atoms with van der Waals surface area (Å²) in [6, 6.07) is 3.37. The molecular weight excluding hydrogens is 332 g/mol. The van der Waals surface area contributed by atoms with Crippen LogP contribution >= 0.6 is 0 Å². The van der Waals surface area contributed by atoms with Crippen molar-refractivity contribution >= 4 is 5.82 Å². The van der Waals surface area contributed by atoms with Gasteiger partial charge < -0.3 is 30.2 Å². The van der Waals surface area contributed by atoms with Crippen LogP contribution < -0.4 is 11.4 Å². The maximum Gasteiger partial charge on any atom is 0.351 e. The number of rotatable bonds is 4. The van der Waals surface area contributed by atoms with E-state index in [4.69, 9.17) is 25.2 Å². The Hall–Kier alpha value is -2.03. The third-order valence-electron chi connectivity index (χ3n) is 4.49. The van der Waals surface area contributed by atoms with Crippen molar-refractivity contribution in [2.24, 2.45) is 0 Å². The van der Waals surface area contributed by atoms with Crippen LogP contribution in [-0.2, 0) is 14.2 Å². The lowest BCUT2D eigenvalue weighted by atomic mass is 9.95. The smallest absolute Gasteiger partial charge is 0.351 e. The second-order valence-electron chi connectivity index (χ2n) is 6.60. The van der Waals surface area contributed by atoms with Gasteiger partial charge in [-0.15, -0.1) is 0 Å². The van der Waals surface area contributed by atoms with Gasteiger partial charge in [-0.1, -0.05) is 0 Å². The molecule has 5 atom stereocenters. The molecule has 2 aliphatic heterocycles. The zero-order chi connectivity index (χ0) is 18.4. The predicted octanol–water partition coefficient (Wildman–Crippen LogP) is -1.12. The van der Waals surface area contributed by atoms with Crippen molar-refractivity contribution in [2.75, 3.05) is 12.3 Å². The molecule has 2 aliphatic rings. The molecule has 0 aromatic carbocycles. The molecule has 10 heteroatoms. The number of aliphatic hydroxyl groups is 2. The lowest BCUT2D eigenvalue weighted by Gasteiger charge is -2.38. The number of ether oxygens (including phenoxy) is 3. The summed E-state index contributed by atoms with van der Waals surface area (Å²) in [5, 5.41) is 29.2. The zero-order valence-corrected chi connectivity index (χ0v) is 13.8. The standard InChI is InChI=1S/C15H20N4O6/c1-14(2,22)15(4-5-16)24-10-8(7-20)23-12(11(10)25-15)19-6-3-9(17)18-13(19)21/h3,6,8,10-12,20,22H,4,7H2,1-2H3,(H2,17,18,21)/t8-,10?,11?,12-,15?/m1/s1. The van der Waals surface area contributed by atoms with Gasteiger partial charge in [-0.25, -0.2) is 4.79 Å². The number of nitrogens with zero attached hydrogens (tertiary/aromatic N) is 3. The molecule has 0 amide bonds. The van der Waals surface area contributed by atoms with Crippen molar-refractivity contribution in [2.45, 2.75) is 56.2 Å². The molecule has 0 spiro atoms. The number of fused-ring (bicyclic) bond motifs is 1. The van der Waals surface area contributed by atoms with Crippen LogP contribution in [0.25, 0.3) is 0 Å². The molecule has 136 valence electrons. The van der Waals surface area contributed by atoms with Crippen LogP contribution in [0.2, 0.25) is 0 Å². The highest BCUT2D eigenvalue weighted by Gasteiger charge is 2.63. The Bertz CT molecular complexity index is 754. The second kappa shape index (κ2) is 6.05. The first kappa shape index (κ1) is 17.8. The van der Waals surface area contributed by atoms with Crippen LogP contribution in [0.15, 0.2) is 17.1 Å². The highest BCUT2D eigenvalue weighted by molar-refractivity contribution is 5.23. The molecule has 3 heterocycles. The van der Waals surface area contributed by atoms with E-state index < -0.39 is 41.6 Å². The monoisotopic (exact) mass is 352 g/mol. The number of aliphatic hydroxyl groups excluding tert-OH is 1. The van der Waals surface area contributed by atoms with Crippen LogP contribution in [0.5, 0.6) is 0 Å². The molecule has 0 saturated carbocycles. The van der Waals surface area contributed by atoms with Crippen molar-refractivity contribution in [1.82, 2.24) is 9.55 Å². The number of aromatic nitrogens is 2. The van der Waals surface area contributed by atoms with Crippen molar-refractivity contribution in [3.05, 3.63) is 22.7 Å². The van der Waals surface area contributed by atoms with E-state index in [0.29, 0.717) is 0 Å². The molecule has 0 bridgehead atoms. The quantitative estimate of drug-likeness (QED) is 0.611. The minimum Gasteiger partial charge on any atom is -0.394 e. The van der Waals surface area contributed by atoms with Gasteiger partial charge in [-0.05, 0) is 19.9 Å². The Kier molecular flexibility index (Phi) is 4.30. The number of nitrogens with two attached hydrogens (primary N) is 1. The molecule has 0 aliphatic carbocycles. The van der Waals surface area contributed by atoms with Gasteiger partial charge in [0.15, 0.2) is 6.23 Å². The summed E-state index contributed by atoms with van der Waals surface area (Å²) in [6.45, 7) is 2.55. The van der Waals surface area contributed by atoms with Crippen molar-refractivity contribution < 1.29 is 24.4 Å². The Labute approximate surface area is 143 Å². The van der Waals surface area contributed by atoms with Crippen LogP contribution in [0, 0.1) is 11.3 Å². The number of anilines is 1. The first-order valence-corrected chi connectivity index (χ1v) is 7.78. The predicted molar refractivity (Wildman–Crippen MR) is 82.9 cm³/mol. The fourth-order valence-corrected chi connectivity index (χ4v) is 3.13. The molecule has 25 heavy (non-hydrogen) atoms. The maximum absolute atomic E-state index is 12.1. The third kappa shape index (κ3) is 2.80. The Morgan fingerprint density at radius 3 is 2.72 bits per heavy atom. The van der Waals surface area contributed by atoms with Gasteiger partial charge in [0.05, 0.1) is 19.1 Å². The number of nitriles is 1. The molecule has 2 saturated heterocycles. The van der Waals surface area contributed by atoms with Gasteiger partial charge in [-0.3, -0.25) is 4.57 Å². The van der Waals surface area contributed by atoms with Crippen LogP contribution in [0.3, 0.4) is 0 Å². The van der Waals surface area contributed by atoms with Crippen LogP contribution in [-0.4, -0.2) is 56.1 Å². The highest BCUT2D eigenvalue weighted by Crippen LogP contribution is 2.48. The molecule has 3 unspecified atom stereocenters. The Balaban J connectivity index is 2.00. The lowest BCUT2D eigenvalue weighted by Crippen LogP contribution is -2.52. The van der Waals surface area contributed by atoms with E-state index >= 15 is 0 Å². The Morgan fingerprint density at radius 1 is 1.48 bits per heavy atom. The molecule has 10 nitrogen and oxygen atoms in total. The average molecular weight is 352 g/mol. The molecule has 1 aromatic rings. The van der Waals surface area contributed by atoms with E-state index in [9.17, 15) is 15.0 Å². The number of nitrogen functional groups attached to an aromatic ring is 1. The summed E-state index contributed by atoms with van der Waals surface area (Å²) >= 11 is 0. The van der Waals surface area contributed by atoms with Gasteiger partial charge in [-0.2, -0.15) is 10.2 Å². The zero-order valence-electron chi connectivity index (χ0n) is 13.8. The van der Waals surface area contributed by atoms with Gasteiger partial charge >= 0.3 is 5.69 Å². The molecule has 2 fully saturated rings. The maximum atomic E-state index is 12.1. The van der Waals surface area contributed by atoms with Crippen molar-refractivity contribution in [3.8, 4) is 6.07 Å². The van der Waals surface area contributed by atoms with E-state index in [-0.39, 0.29) is 18.8 Å². The minimum atomic E-state index is -1.60. The fourth-order valence-electron chi connectivity index (χ4n) is 3.13. The second-order valence-corrected chi connectivity index (χ2v) is 6.60. The third-order valence-corrected chi connectivity index (χ3v) is 4.49. The Morgan fingerprint density at radius 2 is 2.16 bits per heavy atom. The van der Waals surface area contributed by atoms with Gasteiger partial charge in [0, 0.05) is 6.20 Å².